The van der Waals surface area contributed by atoms with Crippen molar-refractivity contribution in [1.29, 1.82) is 0 Å². The highest BCUT2D eigenvalue weighted by Crippen LogP contribution is 2.31. The summed E-state index contributed by atoms with van der Waals surface area (Å²) in [5.41, 5.74) is 0.693. The van der Waals surface area contributed by atoms with E-state index >= 15 is 0 Å². The predicted molar refractivity (Wildman–Crippen MR) is 134 cm³/mol. The van der Waals surface area contributed by atoms with E-state index in [-0.39, 0.29) is 35.2 Å². The lowest BCUT2D eigenvalue weighted by molar-refractivity contribution is 0.0760. The molecular formula is C21H34F2N6O3S2. The number of aromatic nitrogens is 3. The number of hydrogen-bond acceptors (Lipinski definition) is 9. The molecule has 0 aliphatic rings. The van der Waals surface area contributed by atoms with Crippen molar-refractivity contribution in [3.8, 4) is 0 Å². The van der Waals surface area contributed by atoms with Crippen LogP contribution >= 0.6 is 11.8 Å². The van der Waals surface area contributed by atoms with Crippen LogP contribution in [0.2, 0.25) is 0 Å². The molecule has 0 aromatic carbocycles. The zero-order chi connectivity index (χ0) is 25.9. The molecule has 0 aliphatic carbocycles. The van der Waals surface area contributed by atoms with Crippen LogP contribution in [0.3, 0.4) is 0 Å². The normalized spacial score (nSPS) is 14.6. The molecule has 34 heavy (non-hydrogen) atoms. The van der Waals surface area contributed by atoms with E-state index in [1.165, 1.54) is 19.2 Å². The first kappa shape index (κ1) is 29.9. The maximum absolute atomic E-state index is 14.8. The van der Waals surface area contributed by atoms with Gasteiger partial charge in [0, 0.05) is 18.0 Å². The van der Waals surface area contributed by atoms with Crippen molar-refractivity contribution in [1.82, 2.24) is 15.0 Å². The minimum Gasteiger partial charge on any atom is -0.394 e. The van der Waals surface area contributed by atoms with Crippen LogP contribution in [-0.4, -0.2) is 65.3 Å². The van der Waals surface area contributed by atoms with Crippen LogP contribution in [0, 0.1) is 5.92 Å². The van der Waals surface area contributed by atoms with E-state index in [0.29, 0.717) is 18.2 Å². The van der Waals surface area contributed by atoms with Gasteiger partial charge in [-0.05, 0) is 32.6 Å². The maximum Gasteiger partial charge on any atom is 0.283 e. The highest BCUT2D eigenvalue weighted by Gasteiger charge is 2.33. The van der Waals surface area contributed by atoms with Crippen molar-refractivity contribution in [3.05, 3.63) is 23.4 Å². The highest BCUT2D eigenvalue weighted by atomic mass is 32.2. The highest BCUT2D eigenvalue weighted by molar-refractivity contribution is 7.99. The number of aliphatic hydroxyl groups is 1. The van der Waals surface area contributed by atoms with Crippen LogP contribution < -0.4 is 10.0 Å². The fraction of sp³-hybridized carbons (Fsp3) is 0.619. The van der Waals surface area contributed by atoms with Crippen molar-refractivity contribution in [2.45, 2.75) is 64.6 Å². The molecule has 0 unspecified atom stereocenters. The number of aliphatic imine (C=N–C) groups is 1. The molecule has 1 aromatic heterocycles. The maximum atomic E-state index is 14.8. The molecule has 1 atom stereocenters. The first-order valence-electron chi connectivity index (χ1n) is 10.8. The van der Waals surface area contributed by atoms with Gasteiger partial charge in [0.25, 0.3) is 5.92 Å². The number of hydrogen-bond donors (Lipinski definition) is 3. The molecule has 0 amide bonds. The lowest BCUT2D eigenvalue weighted by atomic mass is 10.0. The zero-order valence-corrected chi connectivity index (χ0v) is 22.0. The molecule has 0 saturated carbocycles. The summed E-state index contributed by atoms with van der Waals surface area (Å²) in [7, 11) is -3.71. The average molecular weight is 521 g/mol. The Bertz CT molecular complexity index is 998. The largest absolute Gasteiger partial charge is 0.394 e. The topological polar surface area (TPSA) is 129 Å². The SMILES string of the molecule is C\C=C(/C=N/C=C(\C)CC)C(F)(F)CSc1nc(N[C@@H](CO)CC(C)C)nc(NS(C)(=O)=O)n1. The summed E-state index contributed by atoms with van der Waals surface area (Å²) >= 11 is 0.651. The molecular weight excluding hydrogens is 486 g/mol. The van der Waals surface area contributed by atoms with Gasteiger partial charge in [0.15, 0.2) is 5.16 Å². The fourth-order valence-electron chi connectivity index (χ4n) is 2.58. The molecule has 0 spiro atoms. The number of rotatable bonds is 14. The third-order valence-corrected chi connectivity index (χ3v) is 5.88. The van der Waals surface area contributed by atoms with Gasteiger partial charge in [-0.1, -0.05) is 44.2 Å². The van der Waals surface area contributed by atoms with Crippen molar-refractivity contribution in [3.63, 3.8) is 0 Å². The molecule has 13 heteroatoms. The van der Waals surface area contributed by atoms with Crippen LogP contribution in [0.4, 0.5) is 20.7 Å². The minimum absolute atomic E-state index is 0.0281. The first-order chi connectivity index (χ1) is 15.8. The molecule has 1 rings (SSSR count). The van der Waals surface area contributed by atoms with Gasteiger partial charge in [-0.15, -0.1) is 0 Å². The van der Waals surface area contributed by atoms with Crippen molar-refractivity contribution in [2.24, 2.45) is 10.9 Å². The summed E-state index contributed by atoms with van der Waals surface area (Å²) in [5.74, 6) is -4.02. The summed E-state index contributed by atoms with van der Waals surface area (Å²) in [5, 5.41) is 12.4. The Labute approximate surface area is 204 Å². The quantitative estimate of drug-likeness (QED) is 0.247. The predicted octanol–water partition coefficient (Wildman–Crippen LogP) is 4.12. The second-order valence-corrected chi connectivity index (χ2v) is 10.8. The molecule has 0 fully saturated rings. The molecule has 0 saturated heterocycles. The van der Waals surface area contributed by atoms with Gasteiger partial charge in [0.05, 0.1) is 24.7 Å². The summed E-state index contributed by atoms with van der Waals surface area (Å²) in [4.78, 5) is 16.1. The molecule has 1 heterocycles. The van der Waals surface area contributed by atoms with Gasteiger partial charge in [0.2, 0.25) is 21.9 Å². The molecule has 0 bridgehead atoms. The van der Waals surface area contributed by atoms with E-state index in [4.69, 9.17) is 0 Å². The number of sulfonamides is 1. The standard InChI is InChI=1S/C21H34F2N6O3S2/c1-7-15(5)10-24-11-16(8-2)21(22,23)13-33-20-27-18(25-17(12-30)9-14(3)4)26-19(28-20)29-34(6,31)32/h8,10-11,14,17,30H,7,9,12-13H2,1-6H3,(H2,25,26,27,28,29)/b15-10+,16-8+,24-11+/t17-/m1/s1. The van der Waals surface area contributed by atoms with Crippen molar-refractivity contribution >= 4 is 39.9 Å². The van der Waals surface area contributed by atoms with E-state index in [9.17, 15) is 22.3 Å². The monoisotopic (exact) mass is 520 g/mol. The second kappa shape index (κ2) is 13.7. The minimum atomic E-state index is -3.71. The van der Waals surface area contributed by atoms with E-state index in [1.54, 1.807) is 0 Å². The average Bonchev–Trinajstić information content (AvgIpc) is 2.72. The van der Waals surface area contributed by atoms with Crippen LogP contribution in [0.25, 0.3) is 0 Å². The van der Waals surface area contributed by atoms with Gasteiger partial charge < -0.3 is 10.4 Å². The van der Waals surface area contributed by atoms with Gasteiger partial charge in [-0.25, -0.2) is 17.2 Å². The Morgan fingerprint density at radius 1 is 1.26 bits per heavy atom. The third-order valence-electron chi connectivity index (χ3n) is 4.38. The molecule has 192 valence electrons. The molecule has 0 aliphatic heterocycles. The number of nitrogens with one attached hydrogen (secondary N) is 2. The molecule has 3 N–H and O–H groups in total. The third kappa shape index (κ3) is 11.3. The number of anilines is 2. The van der Waals surface area contributed by atoms with Crippen molar-refractivity contribution in [2.75, 3.05) is 28.7 Å². The summed E-state index contributed by atoms with van der Waals surface area (Å²) in [6.07, 6.45) is 6.22. The number of alkyl halides is 2. The zero-order valence-electron chi connectivity index (χ0n) is 20.3. The lowest BCUT2D eigenvalue weighted by Crippen LogP contribution is -2.27. The summed E-state index contributed by atoms with van der Waals surface area (Å²) in [6.45, 7) is 9.03. The van der Waals surface area contributed by atoms with Crippen LogP contribution in [0.15, 0.2) is 33.6 Å². The van der Waals surface area contributed by atoms with Gasteiger partial charge in [-0.2, -0.15) is 15.0 Å². The van der Waals surface area contributed by atoms with E-state index < -0.39 is 27.7 Å². The fourth-order valence-corrected chi connectivity index (χ4v) is 3.78. The van der Waals surface area contributed by atoms with Crippen molar-refractivity contribution < 1.29 is 22.3 Å². The Balaban J connectivity index is 3.14. The summed E-state index contributed by atoms with van der Waals surface area (Å²) < 4.78 is 55.1. The van der Waals surface area contributed by atoms with Gasteiger partial charge in [0.1, 0.15) is 0 Å². The number of nitrogens with zero attached hydrogens (tertiary/aromatic N) is 4. The van der Waals surface area contributed by atoms with E-state index in [0.717, 1.165) is 24.5 Å². The van der Waals surface area contributed by atoms with Crippen LogP contribution in [0.1, 0.15) is 47.5 Å². The van der Waals surface area contributed by atoms with Gasteiger partial charge >= 0.3 is 0 Å². The second-order valence-electron chi connectivity index (χ2n) is 8.14. The summed E-state index contributed by atoms with van der Waals surface area (Å²) in [6, 6.07) is -0.404. The Morgan fingerprint density at radius 2 is 1.91 bits per heavy atom. The Morgan fingerprint density at radius 3 is 2.44 bits per heavy atom. The number of aliphatic hydroxyl groups excluding tert-OH is 1. The number of allylic oxidation sites excluding steroid dienone is 3. The van der Waals surface area contributed by atoms with Crippen LogP contribution in [0.5, 0.6) is 0 Å². The molecule has 1 aromatic rings. The first-order valence-corrected chi connectivity index (χ1v) is 13.6. The Kier molecular flexibility index (Phi) is 12.0. The van der Waals surface area contributed by atoms with Crippen LogP contribution in [-0.2, 0) is 10.0 Å². The lowest BCUT2D eigenvalue weighted by Gasteiger charge is -2.19. The van der Waals surface area contributed by atoms with Gasteiger partial charge in [-0.3, -0.25) is 9.71 Å². The molecule has 9 nitrogen and oxygen atoms in total. The number of halogens is 2. The Hall–Kier alpha value is -2.12. The van der Waals surface area contributed by atoms with E-state index in [2.05, 4.69) is 30.0 Å². The van der Waals surface area contributed by atoms with E-state index in [1.807, 2.05) is 27.7 Å². The number of thioether (sulfide) groups is 1. The molecule has 0 radical (unpaired) electrons. The smallest absolute Gasteiger partial charge is 0.283 e.